The zero-order chi connectivity index (χ0) is 14.1. The highest BCUT2D eigenvalue weighted by molar-refractivity contribution is 7.12. The first-order valence-electron chi connectivity index (χ1n) is 6.90. The van der Waals surface area contributed by atoms with Crippen LogP contribution in [0.2, 0.25) is 0 Å². The molecule has 1 aliphatic carbocycles. The number of fused-ring (bicyclic) bond motifs is 1. The van der Waals surface area contributed by atoms with E-state index in [9.17, 15) is 4.79 Å². The molecule has 1 aliphatic rings. The minimum absolute atomic E-state index is 0.303. The van der Waals surface area contributed by atoms with Crippen LogP contribution < -0.4 is 0 Å². The predicted octanol–water partition coefficient (Wildman–Crippen LogP) is 3.51. The topological polar surface area (TPSA) is 39.2 Å². The molecule has 2 aromatic rings. The second-order valence-electron chi connectivity index (χ2n) is 5.05. The Morgan fingerprint density at radius 1 is 1.35 bits per heavy atom. The van der Waals surface area contributed by atoms with Gasteiger partial charge in [-0.2, -0.15) is 0 Å². The lowest BCUT2D eigenvalue weighted by atomic mass is 10.1. The minimum atomic E-state index is -0.303. The summed E-state index contributed by atoms with van der Waals surface area (Å²) in [6, 6.07) is 8.53. The van der Waals surface area contributed by atoms with Gasteiger partial charge in [-0.15, -0.1) is 11.3 Å². The molecule has 0 radical (unpaired) electrons. The lowest BCUT2D eigenvalue weighted by Crippen LogP contribution is -2.07. The summed E-state index contributed by atoms with van der Waals surface area (Å²) in [5, 5.41) is 1.06. The van der Waals surface area contributed by atoms with E-state index in [1.807, 2.05) is 13.8 Å². The molecule has 0 saturated heterocycles. The first-order chi connectivity index (χ1) is 9.69. The first kappa shape index (κ1) is 13.3. The van der Waals surface area contributed by atoms with Crippen molar-refractivity contribution in [2.45, 2.75) is 32.6 Å². The number of ether oxygens (including phenoxy) is 1. The summed E-state index contributed by atoms with van der Waals surface area (Å²) >= 11 is 1.62. The van der Waals surface area contributed by atoms with Crippen molar-refractivity contribution in [3.05, 3.63) is 51.0 Å². The van der Waals surface area contributed by atoms with Gasteiger partial charge in [0.2, 0.25) is 0 Å². The van der Waals surface area contributed by atoms with E-state index in [-0.39, 0.29) is 5.97 Å². The molecule has 104 valence electrons. The zero-order valence-corrected chi connectivity index (χ0v) is 12.5. The van der Waals surface area contributed by atoms with E-state index in [0.29, 0.717) is 18.2 Å². The Balaban J connectivity index is 1.83. The molecule has 0 amide bonds. The molecule has 0 spiro atoms. The number of hydrogen-bond donors (Lipinski definition) is 0. The molecule has 1 aromatic heterocycles. The Labute approximate surface area is 122 Å². The van der Waals surface area contributed by atoms with Gasteiger partial charge in [0, 0.05) is 10.8 Å². The third-order valence-corrected chi connectivity index (χ3v) is 4.82. The number of hydrogen-bond acceptors (Lipinski definition) is 4. The Bertz CT molecular complexity index is 623. The van der Waals surface area contributed by atoms with Crippen molar-refractivity contribution in [2.75, 3.05) is 6.61 Å². The number of thiazole rings is 1. The summed E-state index contributed by atoms with van der Waals surface area (Å²) in [4.78, 5) is 17.3. The molecule has 0 bridgehead atoms. The monoisotopic (exact) mass is 287 g/mol. The van der Waals surface area contributed by atoms with Gasteiger partial charge < -0.3 is 4.74 Å². The highest BCUT2D eigenvalue weighted by Crippen LogP contribution is 2.36. The maximum atomic E-state index is 11.8. The van der Waals surface area contributed by atoms with Crippen LogP contribution in [0.3, 0.4) is 0 Å². The fourth-order valence-electron chi connectivity index (χ4n) is 2.71. The number of benzene rings is 1. The molecule has 1 heterocycles. The van der Waals surface area contributed by atoms with Gasteiger partial charge in [-0.1, -0.05) is 24.3 Å². The summed E-state index contributed by atoms with van der Waals surface area (Å²) in [5.74, 6) is 0.0993. The number of carbonyl (C=O) groups excluding carboxylic acids is 1. The number of esters is 1. The van der Waals surface area contributed by atoms with E-state index < -0.39 is 0 Å². The number of carbonyl (C=O) groups is 1. The van der Waals surface area contributed by atoms with Crippen LogP contribution >= 0.6 is 11.3 Å². The van der Waals surface area contributed by atoms with E-state index in [2.05, 4.69) is 29.2 Å². The van der Waals surface area contributed by atoms with Crippen molar-refractivity contribution < 1.29 is 9.53 Å². The molecule has 0 fully saturated rings. The van der Waals surface area contributed by atoms with Gasteiger partial charge in [0.25, 0.3) is 0 Å². The average molecular weight is 287 g/mol. The van der Waals surface area contributed by atoms with Gasteiger partial charge in [0.15, 0.2) is 5.69 Å². The highest BCUT2D eigenvalue weighted by atomic mass is 32.1. The Morgan fingerprint density at radius 2 is 2.00 bits per heavy atom. The number of rotatable bonds is 3. The Morgan fingerprint density at radius 3 is 2.60 bits per heavy atom. The van der Waals surface area contributed by atoms with E-state index in [1.54, 1.807) is 11.3 Å². The van der Waals surface area contributed by atoms with Crippen LogP contribution in [-0.4, -0.2) is 17.6 Å². The van der Waals surface area contributed by atoms with Crippen molar-refractivity contribution >= 4 is 17.3 Å². The average Bonchev–Trinajstić information content (AvgIpc) is 3.02. The van der Waals surface area contributed by atoms with E-state index >= 15 is 0 Å². The van der Waals surface area contributed by atoms with Crippen molar-refractivity contribution in [3.8, 4) is 0 Å². The third kappa shape index (κ3) is 2.36. The van der Waals surface area contributed by atoms with Crippen molar-refractivity contribution in [2.24, 2.45) is 0 Å². The molecular formula is C16H17NO2S. The van der Waals surface area contributed by atoms with Gasteiger partial charge in [-0.3, -0.25) is 0 Å². The normalized spacial score (nSPS) is 14.3. The molecule has 1 aromatic carbocycles. The molecule has 3 nitrogen and oxygen atoms in total. The standard InChI is InChI=1S/C16H17NO2S/c1-3-19-16(18)14-10(2)20-15(17-14)13-8-11-6-4-5-7-12(11)9-13/h4-7,13H,3,8-9H2,1-2H3. The first-order valence-corrected chi connectivity index (χ1v) is 7.72. The zero-order valence-electron chi connectivity index (χ0n) is 11.7. The van der Waals surface area contributed by atoms with Crippen molar-refractivity contribution in [1.29, 1.82) is 0 Å². The van der Waals surface area contributed by atoms with Crippen LogP contribution in [-0.2, 0) is 17.6 Å². The second-order valence-corrected chi connectivity index (χ2v) is 6.29. The summed E-state index contributed by atoms with van der Waals surface area (Å²) in [7, 11) is 0. The second kappa shape index (κ2) is 5.37. The molecule has 0 aliphatic heterocycles. The van der Waals surface area contributed by atoms with E-state index in [4.69, 9.17) is 4.74 Å². The van der Waals surface area contributed by atoms with Crippen LogP contribution in [0.4, 0.5) is 0 Å². The molecule has 0 atom stereocenters. The van der Waals surface area contributed by atoms with Crippen LogP contribution in [0.5, 0.6) is 0 Å². The molecule has 0 N–H and O–H groups in total. The number of nitrogens with zero attached hydrogens (tertiary/aromatic N) is 1. The molecular weight excluding hydrogens is 270 g/mol. The maximum Gasteiger partial charge on any atom is 0.358 e. The van der Waals surface area contributed by atoms with Crippen molar-refractivity contribution in [3.63, 3.8) is 0 Å². The van der Waals surface area contributed by atoms with Gasteiger partial charge in [0.1, 0.15) is 0 Å². The summed E-state index contributed by atoms with van der Waals surface area (Å²) < 4.78 is 5.05. The smallest absolute Gasteiger partial charge is 0.358 e. The molecule has 0 unspecified atom stereocenters. The van der Waals surface area contributed by atoms with Crippen LogP contribution in [0, 0.1) is 6.92 Å². The molecule has 4 heteroatoms. The largest absolute Gasteiger partial charge is 0.461 e. The number of aryl methyl sites for hydroxylation is 1. The van der Waals surface area contributed by atoms with Gasteiger partial charge in [-0.25, -0.2) is 9.78 Å². The maximum absolute atomic E-state index is 11.8. The van der Waals surface area contributed by atoms with Crippen LogP contribution in [0.25, 0.3) is 0 Å². The molecule has 20 heavy (non-hydrogen) atoms. The van der Waals surface area contributed by atoms with Gasteiger partial charge in [0.05, 0.1) is 11.6 Å². The van der Waals surface area contributed by atoms with Crippen LogP contribution in [0.15, 0.2) is 24.3 Å². The third-order valence-electron chi connectivity index (χ3n) is 3.68. The fraction of sp³-hybridized carbons (Fsp3) is 0.375. The summed E-state index contributed by atoms with van der Waals surface area (Å²) in [6.07, 6.45) is 2.04. The molecule has 3 rings (SSSR count). The van der Waals surface area contributed by atoms with Gasteiger partial charge in [-0.05, 0) is 37.8 Å². The molecule has 0 saturated carbocycles. The quantitative estimate of drug-likeness (QED) is 0.811. The van der Waals surface area contributed by atoms with E-state index in [0.717, 1.165) is 22.7 Å². The Kier molecular flexibility index (Phi) is 3.57. The summed E-state index contributed by atoms with van der Waals surface area (Å²) in [6.45, 7) is 4.14. The fourth-order valence-corrected chi connectivity index (χ4v) is 3.72. The predicted molar refractivity (Wildman–Crippen MR) is 79.4 cm³/mol. The lowest BCUT2D eigenvalue weighted by molar-refractivity contribution is 0.0519. The highest BCUT2D eigenvalue weighted by Gasteiger charge is 2.27. The Hall–Kier alpha value is -1.68. The van der Waals surface area contributed by atoms with E-state index in [1.165, 1.54) is 11.1 Å². The van der Waals surface area contributed by atoms with Crippen molar-refractivity contribution in [1.82, 2.24) is 4.98 Å². The van der Waals surface area contributed by atoms with Gasteiger partial charge >= 0.3 is 5.97 Å². The number of aromatic nitrogens is 1. The minimum Gasteiger partial charge on any atom is -0.461 e. The lowest BCUT2D eigenvalue weighted by Gasteiger charge is -2.03. The summed E-state index contributed by atoms with van der Waals surface area (Å²) in [5.41, 5.74) is 3.30. The van der Waals surface area contributed by atoms with Crippen LogP contribution in [0.1, 0.15) is 44.3 Å². The SMILES string of the molecule is CCOC(=O)c1nc(C2Cc3ccccc3C2)sc1C.